The Kier molecular flexibility index (Phi) is 2.94. The Morgan fingerprint density at radius 2 is 2.24 bits per heavy atom. The van der Waals surface area contributed by atoms with Gasteiger partial charge in [0, 0.05) is 12.7 Å². The molecule has 0 aliphatic carbocycles. The smallest absolute Gasteiger partial charge is 0.273 e. The van der Waals surface area contributed by atoms with Gasteiger partial charge in [0.25, 0.3) is 15.2 Å². The standard InChI is InChI=1S/C8H12N6O2S/c1-2-5-14-7(6-3-4-10-11-6)12-13-8(14)17(9,15)16/h3-4H,2,5H2,1H3,(H,10,11)(H2,9,15,16). The molecule has 0 aliphatic rings. The first kappa shape index (κ1) is 11.7. The predicted molar refractivity (Wildman–Crippen MR) is 59.3 cm³/mol. The topological polar surface area (TPSA) is 120 Å². The molecule has 0 fully saturated rings. The maximum atomic E-state index is 11.3. The number of rotatable bonds is 4. The Hall–Kier alpha value is -1.74. The first-order valence-corrected chi connectivity index (χ1v) is 6.54. The number of H-pyrrole nitrogens is 1. The van der Waals surface area contributed by atoms with Crippen molar-refractivity contribution in [2.24, 2.45) is 5.14 Å². The van der Waals surface area contributed by atoms with Gasteiger partial charge in [-0.1, -0.05) is 6.92 Å². The highest BCUT2D eigenvalue weighted by molar-refractivity contribution is 7.89. The lowest BCUT2D eigenvalue weighted by molar-refractivity contribution is 0.559. The summed E-state index contributed by atoms with van der Waals surface area (Å²) in [6, 6.07) is 1.68. The molecular weight excluding hydrogens is 244 g/mol. The molecular formula is C8H12N6O2S. The van der Waals surface area contributed by atoms with E-state index >= 15 is 0 Å². The van der Waals surface area contributed by atoms with Crippen LogP contribution in [0.15, 0.2) is 17.4 Å². The second kappa shape index (κ2) is 4.26. The van der Waals surface area contributed by atoms with Crippen LogP contribution in [0.1, 0.15) is 13.3 Å². The van der Waals surface area contributed by atoms with Gasteiger partial charge in [-0.2, -0.15) is 5.10 Å². The number of sulfonamides is 1. The highest BCUT2D eigenvalue weighted by Crippen LogP contribution is 2.17. The molecule has 0 unspecified atom stereocenters. The molecule has 3 N–H and O–H groups in total. The molecule has 0 atom stereocenters. The van der Waals surface area contributed by atoms with Crippen LogP contribution in [-0.4, -0.2) is 33.4 Å². The Bertz CT molecular complexity index is 600. The third kappa shape index (κ3) is 2.19. The number of nitrogens with zero attached hydrogens (tertiary/aromatic N) is 4. The lowest BCUT2D eigenvalue weighted by Crippen LogP contribution is -2.19. The molecule has 92 valence electrons. The van der Waals surface area contributed by atoms with E-state index in [1.54, 1.807) is 12.3 Å². The highest BCUT2D eigenvalue weighted by atomic mass is 32.2. The molecule has 0 aromatic carbocycles. The van der Waals surface area contributed by atoms with Crippen molar-refractivity contribution in [3.63, 3.8) is 0 Å². The van der Waals surface area contributed by atoms with E-state index < -0.39 is 10.0 Å². The molecule has 0 saturated carbocycles. The van der Waals surface area contributed by atoms with Gasteiger partial charge in [-0.3, -0.25) is 9.67 Å². The molecule has 8 nitrogen and oxygen atoms in total. The molecule has 2 heterocycles. The van der Waals surface area contributed by atoms with Crippen molar-refractivity contribution in [3.05, 3.63) is 12.3 Å². The fraction of sp³-hybridized carbons (Fsp3) is 0.375. The van der Waals surface area contributed by atoms with Crippen molar-refractivity contribution < 1.29 is 8.42 Å². The second-order valence-corrected chi connectivity index (χ2v) is 4.93. The van der Waals surface area contributed by atoms with Gasteiger partial charge in [0.15, 0.2) is 5.82 Å². The van der Waals surface area contributed by atoms with E-state index in [0.29, 0.717) is 18.1 Å². The van der Waals surface area contributed by atoms with E-state index in [1.807, 2.05) is 6.92 Å². The number of primary sulfonamides is 1. The summed E-state index contributed by atoms with van der Waals surface area (Å²) < 4.78 is 24.1. The van der Waals surface area contributed by atoms with E-state index in [4.69, 9.17) is 5.14 Å². The van der Waals surface area contributed by atoms with Crippen molar-refractivity contribution >= 4 is 10.0 Å². The number of nitrogens with one attached hydrogen (secondary N) is 1. The Morgan fingerprint density at radius 3 is 2.76 bits per heavy atom. The molecule has 2 aromatic heterocycles. The summed E-state index contributed by atoms with van der Waals surface area (Å²) in [5.74, 6) is 0.411. The maximum absolute atomic E-state index is 11.3. The predicted octanol–water partition coefficient (Wildman–Crippen LogP) is -0.274. The molecule has 0 spiro atoms. The van der Waals surface area contributed by atoms with Crippen LogP contribution < -0.4 is 5.14 Å². The number of nitrogens with two attached hydrogens (primary N) is 1. The largest absolute Gasteiger partial charge is 0.295 e. The summed E-state index contributed by atoms with van der Waals surface area (Å²) >= 11 is 0. The summed E-state index contributed by atoms with van der Waals surface area (Å²) in [4.78, 5) is 0. The van der Waals surface area contributed by atoms with Crippen molar-refractivity contribution in [2.45, 2.75) is 25.0 Å². The van der Waals surface area contributed by atoms with Gasteiger partial charge >= 0.3 is 0 Å². The molecule has 0 saturated heterocycles. The number of hydrogen-bond acceptors (Lipinski definition) is 5. The monoisotopic (exact) mass is 256 g/mol. The first-order valence-electron chi connectivity index (χ1n) is 4.99. The summed E-state index contributed by atoms with van der Waals surface area (Å²) in [6.07, 6.45) is 2.29. The molecule has 0 radical (unpaired) electrons. The van der Waals surface area contributed by atoms with Crippen molar-refractivity contribution in [3.8, 4) is 11.5 Å². The Balaban J connectivity index is 2.59. The molecule has 2 rings (SSSR count). The SMILES string of the molecule is CCCn1c(-c2ccn[nH]2)nnc1S(N)(=O)=O. The first-order chi connectivity index (χ1) is 8.04. The van der Waals surface area contributed by atoms with Crippen LogP contribution in [0, 0.1) is 0 Å². The van der Waals surface area contributed by atoms with Gasteiger partial charge in [-0.15, -0.1) is 10.2 Å². The zero-order chi connectivity index (χ0) is 12.5. The van der Waals surface area contributed by atoms with Crippen LogP contribution in [0.25, 0.3) is 11.5 Å². The quantitative estimate of drug-likeness (QED) is 0.780. The summed E-state index contributed by atoms with van der Waals surface area (Å²) in [7, 11) is -3.87. The lowest BCUT2D eigenvalue weighted by Gasteiger charge is -2.05. The van der Waals surface area contributed by atoms with E-state index in [9.17, 15) is 8.42 Å². The van der Waals surface area contributed by atoms with E-state index in [-0.39, 0.29) is 5.16 Å². The fourth-order valence-corrected chi connectivity index (χ4v) is 2.14. The summed E-state index contributed by atoms with van der Waals surface area (Å²) in [5.41, 5.74) is 0.598. The Labute approximate surface area is 97.9 Å². The fourth-order valence-electron chi connectivity index (χ4n) is 1.50. The van der Waals surface area contributed by atoms with Gasteiger partial charge in [-0.25, -0.2) is 13.6 Å². The molecule has 17 heavy (non-hydrogen) atoms. The lowest BCUT2D eigenvalue weighted by atomic mass is 10.4. The zero-order valence-corrected chi connectivity index (χ0v) is 9.98. The minimum absolute atomic E-state index is 0.232. The van der Waals surface area contributed by atoms with Crippen LogP contribution >= 0.6 is 0 Å². The normalized spacial score (nSPS) is 11.9. The highest BCUT2D eigenvalue weighted by Gasteiger charge is 2.21. The minimum atomic E-state index is -3.87. The van der Waals surface area contributed by atoms with Crippen LogP contribution in [0.5, 0.6) is 0 Å². The van der Waals surface area contributed by atoms with Gasteiger partial charge in [0.2, 0.25) is 0 Å². The third-order valence-corrected chi connectivity index (χ3v) is 2.97. The maximum Gasteiger partial charge on any atom is 0.273 e. The van der Waals surface area contributed by atoms with Crippen LogP contribution in [0.2, 0.25) is 0 Å². The Morgan fingerprint density at radius 1 is 1.47 bits per heavy atom. The average molecular weight is 256 g/mol. The van der Waals surface area contributed by atoms with E-state index in [0.717, 1.165) is 6.42 Å². The number of aromatic amines is 1. The third-order valence-electron chi connectivity index (χ3n) is 2.16. The van der Waals surface area contributed by atoms with Gasteiger partial charge in [-0.05, 0) is 12.5 Å². The molecule has 0 amide bonds. The zero-order valence-electron chi connectivity index (χ0n) is 9.16. The van der Waals surface area contributed by atoms with Crippen LogP contribution in [0.3, 0.4) is 0 Å². The van der Waals surface area contributed by atoms with Crippen LogP contribution in [-0.2, 0) is 16.6 Å². The summed E-state index contributed by atoms with van der Waals surface area (Å²) in [5, 5.41) is 18.8. The number of aromatic nitrogens is 5. The van der Waals surface area contributed by atoms with E-state index in [1.165, 1.54) is 4.57 Å². The van der Waals surface area contributed by atoms with Crippen molar-refractivity contribution in [2.75, 3.05) is 0 Å². The molecule has 0 bridgehead atoms. The minimum Gasteiger partial charge on any atom is -0.295 e. The van der Waals surface area contributed by atoms with Crippen molar-refractivity contribution in [1.82, 2.24) is 25.0 Å². The van der Waals surface area contributed by atoms with Gasteiger partial charge in [0.1, 0.15) is 5.69 Å². The van der Waals surface area contributed by atoms with Gasteiger partial charge in [0.05, 0.1) is 0 Å². The van der Waals surface area contributed by atoms with Gasteiger partial charge < -0.3 is 0 Å². The summed E-state index contributed by atoms with van der Waals surface area (Å²) in [6.45, 7) is 2.39. The van der Waals surface area contributed by atoms with E-state index in [2.05, 4.69) is 20.4 Å². The average Bonchev–Trinajstić information content (AvgIpc) is 2.82. The molecule has 0 aliphatic heterocycles. The molecule has 2 aromatic rings. The van der Waals surface area contributed by atoms with Crippen LogP contribution in [0.4, 0.5) is 0 Å². The molecule has 9 heteroatoms. The van der Waals surface area contributed by atoms with Crippen molar-refractivity contribution in [1.29, 1.82) is 0 Å². The second-order valence-electron chi connectivity index (χ2n) is 3.47. The number of hydrogen-bond donors (Lipinski definition) is 2.